The number of hydrogen-bond acceptors (Lipinski definition) is 3. The Bertz CT molecular complexity index is 508. The maximum Gasteiger partial charge on any atom is 0.0588 e. The van der Waals surface area contributed by atoms with Crippen molar-refractivity contribution in [3.8, 4) is 0 Å². The van der Waals surface area contributed by atoms with Gasteiger partial charge < -0.3 is 15.3 Å². The zero-order valence-corrected chi connectivity index (χ0v) is 14.4. The molecule has 21 heavy (non-hydrogen) atoms. The molecule has 0 aromatic heterocycles. The van der Waals surface area contributed by atoms with E-state index in [4.69, 9.17) is 0 Å². The molecule has 3 rings (SSSR count). The van der Waals surface area contributed by atoms with Crippen LogP contribution in [0.2, 0.25) is 0 Å². The third-order valence-corrected chi connectivity index (χ3v) is 5.78. The van der Waals surface area contributed by atoms with Gasteiger partial charge in [-0.1, -0.05) is 13.0 Å². The highest BCUT2D eigenvalue weighted by Gasteiger charge is 2.42. The van der Waals surface area contributed by atoms with Crippen molar-refractivity contribution in [1.82, 2.24) is 5.32 Å². The summed E-state index contributed by atoms with van der Waals surface area (Å²) in [7, 11) is 0. The van der Waals surface area contributed by atoms with Crippen molar-refractivity contribution >= 4 is 21.6 Å². The van der Waals surface area contributed by atoms with Crippen LogP contribution in [-0.4, -0.2) is 30.8 Å². The van der Waals surface area contributed by atoms with E-state index in [1.807, 2.05) is 0 Å². The molecule has 2 N–H and O–H groups in total. The molecule has 4 unspecified atom stereocenters. The van der Waals surface area contributed by atoms with Crippen LogP contribution in [0.5, 0.6) is 0 Å². The third kappa shape index (κ3) is 2.99. The number of nitrogens with one attached hydrogen (secondary N) is 1. The summed E-state index contributed by atoms with van der Waals surface area (Å²) in [6, 6.07) is 7.05. The van der Waals surface area contributed by atoms with Gasteiger partial charge in [0.1, 0.15) is 0 Å². The molecule has 1 aliphatic heterocycles. The van der Waals surface area contributed by atoms with Crippen LogP contribution in [0.25, 0.3) is 0 Å². The molecule has 0 bridgehead atoms. The van der Waals surface area contributed by atoms with Gasteiger partial charge in [-0.25, -0.2) is 0 Å². The minimum atomic E-state index is -0.0909. The molecule has 1 aromatic rings. The van der Waals surface area contributed by atoms with E-state index < -0.39 is 0 Å². The van der Waals surface area contributed by atoms with Crippen molar-refractivity contribution < 1.29 is 5.11 Å². The van der Waals surface area contributed by atoms with Gasteiger partial charge in [0.05, 0.1) is 11.8 Å². The van der Waals surface area contributed by atoms with Crippen LogP contribution in [-0.2, 0) is 0 Å². The van der Waals surface area contributed by atoms with E-state index in [2.05, 4.69) is 58.2 Å². The molecule has 0 spiro atoms. The minimum absolute atomic E-state index is 0.0909. The summed E-state index contributed by atoms with van der Waals surface area (Å²) in [5.41, 5.74) is 2.58. The van der Waals surface area contributed by atoms with E-state index in [0.29, 0.717) is 17.9 Å². The first-order valence-electron chi connectivity index (χ1n) is 8.06. The molecule has 3 nitrogen and oxygen atoms in total. The number of nitrogens with zero attached hydrogens (tertiary/aromatic N) is 1. The molecular weight excluding hydrogens is 328 g/mol. The van der Waals surface area contributed by atoms with E-state index in [9.17, 15) is 5.11 Å². The lowest BCUT2D eigenvalue weighted by atomic mass is 10.00. The van der Waals surface area contributed by atoms with Crippen LogP contribution in [0.15, 0.2) is 22.7 Å². The lowest BCUT2D eigenvalue weighted by Gasteiger charge is -2.23. The highest BCUT2D eigenvalue weighted by Crippen LogP contribution is 2.41. The number of halogens is 1. The first-order valence-corrected chi connectivity index (χ1v) is 8.85. The smallest absolute Gasteiger partial charge is 0.0588 e. The van der Waals surface area contributed by atoms with Crippen LogP contribution in [0.3, 0.4) is 0 Å². The SMILES string of the molecule is CCNC(C)c1ccc(N2CC3CCC(O)C3C2)c(Br)c1. The van der Waals surface area contributed by atoms with Crippen LogP contribution in [0.1, 0.15) is 38.3 Å². The number of rotatable bonds is 4. The van der Waals surface area contributed by atoms with Crippen molar-refractivity contribution in [2.75, 3.05) is 24.5 Å². The van der Waals surface area contributed by atoms with Gasteiger partial charge in [0.2, 0.25) is 0 Å². The number of anilines is 1. The summed E-state index contributed by atoms with van der Waals surface area (Å²) in [5, 5.41) is 13.5. The summed E-state index contributed by atoms with van der Waals surface area (Å²) in [6.45, 7) is 7.39. The molecule has 2 aliphatic rings. The van der Waals surface area contributed by atoms with Crippen LogP contribution in [0.4, 0.5) is 5.69 Å². The number of hydrogen-bond donors (Lipinski definition) is 2. The zero-order valence-electron chi connectivity index (χ0n) is 12.8. The Morgan fingerprint density at radius 2 is 2.19 bits per heavy atom. The van der Waals surface area contributed by atoms with Crippen molar-refractivity contribution in [3.05, 3.63) is 28.2 Å². The molecule has 4 heteroatoms. The van der Waals surface area contributed by atoms with Crippen molar-refractivity contribution in [3.63, 3.8) is 0 Å². The number of benzene rings is 1. The third-order valence-electron chi connectivity index (χ3n) is 5.14. The first kappa shape index (κ1) is 15.3. The average molecular weight is 353 g/mol. The van der Waals surface area contributed by atoms with Crippen LogP contribution in [0, 0.1) is 11.8 Å². The number of aliphatic hydroxyl groups excluding tert-OH is 1. The summed E-state index contributed by atoms with van der Waals surface area (Å²) in [4.78, 5) is 2.43. The van der Waals surface area contributed by atoms with E-state index in [0.717, 1.165) is 26.1 Å². The fourth-order valence-corrected chi connectivity index (χ4v) is 4.55. The van der Waals surface area contributed by atoms with Crippen LogP contribution >= 0.6 is 15.9 Å². The van der Waals surface area contributed by atoms with E-state index >= 15 is 0 Å². The summed E-state index contributed by atoms with van der Waals surface area (Å²) < 4.78 is 1.17. The van der Waals surface area contributed by atoms with Crippen LogP contribution < -0.4 is 10.2 Å². The maximum atomic E-state index is 10.1. The first-order chi connectivity index (χ1) is 10.1. The molecule has 1 saturated heterocycles. The Balaban J connectivity index is 1.75. The zero-order chi connectivity index (χ0) is 15.0. The second kappa shape index (κ2) is 6.27. The average Bonchev–Trinajstić information content (AvgIpc) is 3.01. The van der Waals surface area contributed by atoms with E-state index in [-0.39, 0.29) is 6.10 Å². The highest BCUT2D eigenvalue weighted by molar-refractivity contribution is 9.10. The van der Waals surface area contributed by atoms with E-state index in [1.54, 1.807) is 0 Å². The lowest BCUT2D eigenvalue weighted by Crippen LogP contribution is -2.25. The fourth-order valence-electron chi connectivity index (χ4n) is 3.91. The molecule has 1 heterocycles. The Labute approximate surface area is 135 Å². The van der Waals surface area contributed by atoms with Crippen molar-refractivity contribution in [1.29, 1.82) is 0 Å². The number of fused-ring (bicyclic) bond motifs is 1. The molecule has 4 atom stereocenters. The molecule has 0 amide bonds. The minimum Gasteiger partial charge on any atom is -0.393 e. The number of aliphatic hydroxyl groups is 1. The molecule has 116 valence electrons. The van der Waals surface area contributed by atoms with E-state index in [1.165, 1.54) is 22.1 Å². The quantitative estimate of drug-likeness (QED) is 0.872. The molecule has 1 aromatic carbocycles. The second-order valence-corrected chi connectivity index (χ2v) is 7.32. The van der Waals surface area contributed by atoms with Gasteiger partial charge in [-0.2, -0.15) is 0 Å². The molecular formula is C17H25BrN2O. The van der Waals surface area contributed by atoms with Gasteiger partial charge in [0.15, 0.2) is 0 Å². The second-order valence-electron chi connectivity index (χ2n) is 6.46. The Morgan fingerprint density at radius 1 is 1.38 bits per heavy atom. The summed E-state index contributed by atoms with van der Waals surface area (Å²) in [5.74, 6) is 1.14. The van der Waals surface area contributed by atoms with Gasteiger partial charge in [-0.15, -0.1) is 0 Å². The summed E-state index contributed by atoms with van der Waals surface area (Å²) >= 11 is 3.74. The van der Waals surface area contributed by atoms with Gasteiger partial charge in [-0.3, -0.25) is 0 Å². The Hall–Kier alpha value is -0.580. The standard InChI is InChI=1S/C17H25BrN2O/c1-3-19-11(2)12-4-6-16(15(18)8-12)20-9-13-5-7-17(21)14(13)10-20/h4,6,8,11,13-14,17,19,21H,3,5,7,9-10H2,1-2H3. The molecule has 2 fully saturated rings. The summed E-state index contributed by atoms with van der Waals surface area (Å²) in [6.07, 6.45) is 2.07. The predicted molar refractivity (Wildman–Crippen MR) is 90.7 cm³/mol. The highest BCUT2D eigenvalue weighted by atomic mass is 79.9. The Morgan fingerprint density at radius 3 is 2.86 bits per heavy atom. The molecule has 1 aliphatic carbocycles. The van der Waals surface area contributed by atoms with Crippen molar-refractivity contribution in [2.24, 2.45) is 11.8 Å². The topological polar surface area (TPSA) is 35.5 Å². The maximum absolute atomic E-state index is 10.1. The Kier molecular flexibility index (Phi) is 4.57. The largest absolute Gasteiger partial charge is 0.393 e. The van der Waals surface area contributed by atoms with Crippen molar-refractivity contribution in [2.45, 2.75) is 38.8 Å². The molecule has 1 saturated carbocycles. The van der Waals surface area contributed by atoms with Gasteiger partial charge in [-0.05, 0) is 65.9 Å². The normalized spacial score (nSPS) is 29.7. The van der Waals surface area contributed by atoms with Gasteiger partial charge in [0.25, 0.3) is 0 Å². The lowest BCUT2D eigenvalue weighted by molar-refractivity contribution is 0.133. The van der Waals surface area contributed by atoms with Gasteiger partial charge >= 0.3 is 0 Å². The van der Waals surface area contributed by atoms with Gasteiger partial charge in [0, 0.05) is 29.5 Å². The predicted octanol–water partition coefficient (Wildman–Crippen LogP) is 3.33. The molecule has 0 radical (unpaired) electrons. The monoisotopic (exact) mass is 352 g/mol. The fraction of sp³-hybridized carbons (Fsp3) is 0.647.